The van der Waals surface area contributed by atoms with Gasteiger partial charge in [-0.3, -0.25) is 9.78 Å². The highest BCUT2D eigenvalue weighted by atomic mass is 19.4. The Bertz CT molecular complexity index is 1610. The number of nitrogens with one attached hydrogen (secondary N) is 1. The molecule has 11 heteroatoms. The van der Waals surface area contributed by atoms with E-state index in [2.05, 4.69) is 21.5 Å². The molecule has 38 heavy (non-hydrogen) atoms. The molecule has 1 aromatic carbocycles. The second-order valence-electron chi connectivity index (χ2n) is 8.35. The first-order chi connectivity index (χ1) is 18.0. The fourth-order valence-corrected chi connectivity index (χ4v) is 3.68. The van der Waals surface area contributed by atoms with E-state index in [9.17, 15) is 18.0 Å². The lowest BCUT2D eigenvalue weighted by Crippen LogP contribution is -2.21. The second kappa shape index (κ2) is 10.6. The van der Waals surface area contributed by atoms with Crippen molar-refractivity contribution < 1.29 is 27.9 Å². The van der Waals surface area contributed by atoms with Gasteiger partial charge in [0.15, 0.2) is 0 Å². The van der Waals surface area contributed by atoms with Crippen molar-refractivity contribution in [1.29, 1.82) is 0 Å². The number of aromatic nitrogens is 4. The molecule has 194 valence electrons. The normalized spacial score (nSPS) is 11.1. The van der Waals surface area contributed by atoms with Gasteiger partial charge in [-0.2, -0.15) is 18.3 Å². The number of carboxylic acid groups (broad SMARTS) is 1. The fourth-order valence-electron chi connectivity index (χ4n) is 3.68. The number of rotatable bonds is 4. The number of aryl methyl sites for hydroxylation is 2. The van der Waals surface area contributed by atoms with Crippen molar-refractivity contribution in [1.82, 2.24) is 19.2 Å². The van der Waals surface area contributed by atoms with E-state index in [0.29, 0.717) is 5.69 Å². The van der Waals surface area contributed by atoms with Crippen LogP contribution in [0.4, 0.5) is 18.9 Å². The van der Waals surface area contributed by atoms with Crippen LogP contribution in [0, 0.1) is 13.8 Å². The predicted molar refractivity (Wildman–Crippen MR) is 135 cm³/mol. The maximum Gasteiger partial charge on any atom is 0.490 e. The van der Waals surface area contributed by atoms with E-state index in [4.69, 9.17) is 9.90 Å². The first-order valence-electron chi connectivity index (χ1n) is 11.3. The highest BCUT2D eigenvalue weighted by Gasteiger charge is 2.38. The smallest absolute Gasteiger partial charge is 0.475 e. The molecule has 4 heterocycles. The highest BCUT2D eigenvalue weighted by molar-refractivity contribution is 6.03. The molecule has 0 aliphatic heterocycles. The Hall–Kier alpha value is -4.93. The molecule has 0 aliphatic carbocycles. The molecule has 0 atom stereocenters. The van der Waals surface area contributed by atoms with Crippen LogP contribution in [0.25, 0.3) is 22.5 Å². The van der Waals surface area contributed by atoms with Crippen LogP contribution in [-0.2, 0) is 4.79 Å². The van der Waals surface area contributed by atoms with Crippen molar-refractivity contribution in [3.8, 4) is 16.9 Å². The number of fused-ring (bicyclic) bond motifs is 1. The molecule has 2 N–H and O–H groups in total. The van der Waals surface area contributed by atoms with Crippen LogP contribution < -0.4 is 5.32 Å². The summed E-state index contributed by atoms with van der Waals surface area (Å²) in [5.41, 5.74) is 6.45. The molecule has 0 saturated heterocycles. The van der Waals surface area contributed by atoms with Crippen LogP contribution in [0.2, 0.25) is 0 Å². The van der Waals surface area contributed by atoms with Crippen molar-refractivity contribution in [3.63, 3.8) is 0 Å². The number of alkyl halides is 3. The third kappa shape index (κ3) is 5.72. The zero-order chi connectivity index (χ0) is 27.4. The van der Waals surface area contributed by atoms with Crippen LogP contribution in [0.1, 0.15) is 21.6 Å². The minimum atomic E-state index is -5.08. The largest absolute Gasteiger partial charge is 0.490 e. The van der Waals surface area contributed by atoms with Crippen LogP contribution in [0.3, 0.4) is 0 Å². The van der Waals surface area contributed by atoms with Crippen molar-refractivity contribution in [2.75, 3.05) is 5.32 Å². The number of carbonyl (C=O) groups excluding carboxylic acids is 1. The number of carboxylic acids is 1. The van der Waals surface area contributed by atoms with Crippen molar-refractivity contribution in [2.45, 2.75) is 20.0 Å². The van der Waals surface area contributed by atoms with Gasteiger partial charge >= 0.3 is 12.1 Å². The Kier molecular flexibility index (Phi) is 7.28. The molecule has 0 aliphatic rings. The van der Waals surface area contributed by atoms with Gasteiger partial charge in [0.25, 0.3) is 5.91 Å². The van der Waals surface area contributed by atoms with Gasteiger partial charge in [-0.25, -0.2) is 9.48 Å². The maximum absolute atomic E-state index is 13.1. The quantitative estimate of drug-likeness (QED) is 0.317. The molecule has 5 aromatic rings. The maximum atomic E-state index is 13.1. The van der Waals surface area contributed by atoms with Gasteiger partial charge in [-0.1, -0.05) is 24.3 Å². The Balaban J connectivity index is 0.000000426. The Morgan fingerprint density at radius 3 is 2.37 bits per heavy atom. The van der Waals surface area contributed by atoms with Crippen LogP contribution in [-0.4, -0.2) is 42.3 Å². The molecule has 8 nitrogen and oxygen atoms in total. The highest BCUT2D eigenvalue weighted by Crippen LogP contribution is 2.24. The van der Waals surface area contributed by atoms with E-state index >= 15 is 0 Å². The zero-order valence-corrected chi connectivity index (χ0v) is 20.3. The van der Waals surface area contributed by atoms with E-state index in [-0.39, 0.29) is 5.91 Å². The van der Waals surface area contributed by atoms with Gasteiger partial charge in [0.2, 0.25) is 0 Å². The molecule has 1 amide bonds. The van der Waals surface area contributed by atoms with Gasteiger partial charge in [0.1, 0.15) is 11.5 Å². The van der Waals surface area contributed by atoms with Crippen molar-refractivity contribution in [3.05, 3.63) is 102 Å². The number of amides is 1. The Morgan fingerprint density at radius 2 is 1.68 bits per heavy atom. The van der Waals surface area contributed by atoms with Crippen molar-refractivity contribution in [2.24, 2.45) is 0 Å². The molecular weight excluding hydrogens is 499 g/mol. The summed E-state index contributed by atoms with van der Waals surface area (Å²) in [6.45, 7) is 3.98. The summed E-state index contributed by atoms with van der Waals surface area (Å²) in [6.07, 6.45) is 2.19. The lowest BCUT2D eigenvalue weighted by Gasteiger charge is -2.12. The van der Waals surface area contributed by atoms with Gasteiger partial charge in [-0.15, -0.1) is 0 Å². The van der Waals surface area contributed by atoms with Crippen LogP contribution in [0.15, 0.2) is 85.5 Å². The van der Waals surface area contributed by atoms with E-state index in [1.807, 2.05) is 79.2 Å². The minimum Gasteiger partial charge on any atom is -0.475 e. The average molecular weight is 521 g/mol. The van der Waals surface area contributed by atoms with Gasteiger partial charge < -0.3 is 14.8 Å². The Labute approximate surface area is 215 Å². The monoisotopic (exact) mass is 521 g/mol. The molecule has 0 unspecified atom stereocenters. The standard InChI is InChI=1S/C25H21N5O.C2HF3O2/c1-17-5-6-18(2)22(14-17)28-25(31)23-11-13-27-30(23)24-10-9-21-8-7-20(16-29(21)24)19-4-3-12-26-15-19;3-2(4,5)1(6)7/h3-16H,1-2H3,(H,28,31);(H,6,7). The summed E-state index contributed by atoms with van der Waals surface area (Å²) < 4.78 is 35.4. The molecule has 5 rings (SSSR count). The molecule has 0 fully saturated rings. The third-order valence-corrected chi connectivity index (χ3v) is 5.60. The van der Waals surface area contributed by atoms with E-state index in [1.54, 1.807) is 23.1 Å². The molecule has 0 radical (unpaired) electrons. The lowest BCUT2D eigenvalue weighted by atomic mass is 10.1. The topological polar surface area (TPSA) is 102 Å². The summed E-state index contributed by atoms with van der Waals surface area (Å²) in [5.74, 6) is -2.17. The second-order valence-corrected chi connectivity index (χ2v) is 8.35. The predicted octanol–water partition coefficient (Wildman–Crippen LogP) is 5.69. The lowest BCUT2D eigenvalue weighted by molar-refractivity contribution is -0.192. The molecule has 0 saturated carbocycles. The third-order valence-electron chi connectivity index (χ3n) is 5.60. The van der Waals surface area contributed by atoms with Gasteiger partial charge in [0.05, 0.1) is 6.20 Å². The summed E-state index contributed by atoms with van der Waals surface area (Å²) in [4.78, 5) is 26.2. The molecule has 0 bridgehead atoms. The minimum absolute atomic E-state index is 0.204. The zero-order valence-electron chi connectivity index (χ0n) is 20.3. The first kappa shape index (κ1) is 26.1. The number of hydrogen-bond donors (Lipinski definition) is 2. The summed E-state index contributed by atoms with van der Waals surface area (Å²) >= 11 is 0. The number of benzene rings is 1. The number of aliphatic carboxylic acids is 1. The number of nitrogens with zero attached hydrogens (tertiary/aromatic N) is 4. The molecule has 4 aromatic heterocycles. The summed E-state index contributed by atoms with van der Waals surface area (Å²) in [6, 6.07) is 19.8. The van der Waals surface area contributed by atoms with Crippen LogP contribution in [0.5, 0.6) is 0 Å². The number of pyridine rings is 2. The number of anilines is 1. The van der Waals surface area contributed by atoms with Gasteiger partial charge in [-0.05, 0) is 66.9 Å². The number of hydrogen-bond acceptors (Lipinski definition) is 4. The van der Waals surface area contributed by atoms with Crippen LogP contribution >= 0.6 is 0 Å². The molecule has 0 spiro atoms. The number of halogens is 3. The summed E-state index contributed by atoms with van der Waals surface area (Å²) in [7, 11) is 0. The van der Waals surface area contributed by atoms with E-state index in [0.717, 1.165) is 39.3 Å². The fraction of sp³-hybridized carbons (Fsp3) is 0.111. The SMILES string of the molecule is Cc1ccc(C)c(NC(=O)c2ccnn2-c2ccc3ccc(-c4cccnc4)cn23)c1.O=C(O)C(F)(F)F. The number of carbonyl (C=O) groups is 2. The average Bonchev–Trinajstić information content (AvgIpc) is 3.53. The molecular formula is C27H22F3N5O3. The van der Waals surface area contributed by atoms with E-state index in [1.165, 1.54) is 0 Å². The van der Waals surface area contributed by atoms with Gasteiger partial charge in [0, 0.05) is 35.4 Å². The summed E-state index contributed by atoms with van der Waals surface area (Å²) in [5, 5.41) is 14.6. The van der Waals surface area contributed by atoms with E-state index < -0.39 is 12.1 Å². The Morgan fingerprint density at radius 1 is 0.947 bits per heavy atom. The van der Waals surface area contributed by atoms with Crippen molar-refractivity contribution >= 4 is 23.1 Å². The first-order valence-corrected chi connectivity index (χ1v) is 11.3.